The number of carbonyl (C=O) groups is 2. The van der Waals surface area contributed by atoms with Gasteiger partial charge in [0.25, 0.3) is 0 Å². The Morgan fingerprint density at radius 1 is 1.00 bits per heavy atom. The van der Waals surface area contributed by atoms with Gasteiger partial charge < -0.3 is 10.6 Å². The van der Waals surface area contributed by atoms with Crippen molar-refractivity contribution in [3.05, 3.63) is 67.3 Å². The van der Waals surface area contributed by atoms with E-state index in [4.69, 9.17) is 0 Å². The third-order valence-electron chi connectivity index (χ3n) is 4.57. The van der Waals surface area contributed by atoms with Gasteiger partial charge in [-0.3, -0.25) is 9.59 Å². The van der Waals surface area contributed by atoms with E-state index >= 15 is 0 Å². The molecule has 1 aliphatic carbocycles. The monoisotopic (exact) mass is 334 g/mol. The van der Waals surface area contributed by atoms with Gasteiger partial charge in [0.2, 0.25) is 11.8 Å². The van der Waals surface area contributed by atoms with Gasteiger partial charge in [0.1, 0.15) is 0 Å². The van der Waals surface area contributed by atoms with Gasteiger partial charge in [-0.25, -0.2) is 0 Å². The van der Waals surface area contributed by atoms with Crippen LogP contribution >= 0.6 is 0 Å². The summed E-state index contributed by atoms with van der Waals surface area (Å²) in [6.45, 7) is 4.02. The minimum atomic E-state index is -0.367. The molecule has 0 spiro atoms. The van der Waals surface area contributed by atoms with Gasteiger partial charge in [-0.1, -0.05) is 54.6 Å². The molecule has 1 aliphatic rings. The number of amides is 2. The van der Waals surface area contributed by atoms with Crippen molar-refractivity contribution in [2.45, 2.75) is 12.8 Å². The number of allylic oxidation sites excluding steroid dienone is 2. The molecule has 0 saturated carbocycles. The summed E-state index contributed by atoms with van der Waals surface area (Å²) in [5.74, 6) is -0.921. The Morgan fingerprint density at radius 2 is 1.68 bits per heavy atom. The zero-order chi connectivity index (χ0) is 17.6. The Bertz CT molecular complexity index is 820. The van der Waals surface area contributed by atoms with Crippen molar-refractivity contribution < 1.29 is 9.59 Å². The van der Waals surface area contributed by atoms with Crippen molar-refractivity contribution in [3.63, 3.8) is 0 Å². The van der Waals surface area contributed by atoms with Crippen molar-refractivity contribution >= 4 is 28.3 Å². The molecule has 3 rings (SSSR count). The zero-order valence-corrected chi connectivity index (χ0v) is 14.1. The van der Waals surface area contributed by atoms with Crippen molar-refractivity contribution in [2.75, 3.05) is 11.9 Å². The minimum Gasteiger partial charge on any atom is -0.352 e. The lowest BCUT2D eigenvalue weighted by atomic mass is 9.81. The van der Waals surface area contributed by atoms with Gasteiger partial charge in [0.05, 0.1) is 11.8 Å². The minimum absolute atomic E-state index is 0.0951. The zero-order valence-electron chi connectivity index (χ0n) is 14.1. The highest BCUT2D eigenvalue weighted by Gasteiger charge is 2.33. The molecule has 25 heavy (non-hydrogen) atoms. The van der Waals surface area contributed by atoms with E-state index in [2.05, 4.69) is 17.2 Å². The van der Waals surface area contributed by atoms with Crippen LogP contribution < -0.4 is 10.6 Å². The summed E-state index contributed by atoms with van der Waals surface area (Å²) in [5, 5.41) is 7.90. The van der Waals surface area contributed by atoms with Gasteiger partial charge in [0, 0.05) is 17.6 Å². The first-order valence-corrected chi connectivity index (χ1v) is 8.53. The van der Waals surface area contributed by atoms with Gasteiger partial charge in [-0.15, -0.1) is 6.58 Å². The van der Waals surface area contributed by atoms with E-state index in [1.807, 2.05) is 54.6 Å². The summed E-state index contributed by atoms with van der Waals surface area (Å²) < 4.78 is 0. The van der Waals surface area contributed by atoms with Crippen LogP contribution in [0.5, 0.6) is 0 Å². The molecule has 2 aromatic rings. The standard InChI is InChI=1S/C21H22N2O2/c1-2-14-22-20(24)17-11-5-6-12-18(17)21(25)23-19-13-7-9-15-8-3-4-10-16(15)19/h2-10,13,17-18H,1,11-12,14H2,(H,22,24)(H,23,25). The molecule has 128 valence electrons. The number of hydrogen-bond acceptors (Lipinski definition) is 2. The molecule has 0 bridgehead atoms. The summed E-state index contributed by atoms with van der Waals surface area (Å²) in [6, 6.07) is 13.8. The molecule has 0 fully saturated rings. The van der Waals surface area contributed by atoms with Crippen LogP contribution in [0, 0.1) is 11.8 Å². The maximum atomic E-state index is 12.9. The molecule has 4 heteroatoms. The van der Waals surface area contributed by atoms with E-state index in [0.717, 1.165) is 16.5 Å². The maximum absolute atomic E-state index is 12.9. The van der Waals surface area contributed by atoms with E-state index in [1.165, 1.54) is 0 Å². The fraction of sp³-hybridized carbons (Fsp3) is 0.238. The third-order valence-corrected chi connectivity index (χ3v) is 4.57. The first-order valence-electron chi connectivity index (χ1n) is 8.53. The lowest BCUT2D eigenvalue weighted by molar-refractivity contribution is -0.132. The van der Waals surface area contributed by atoms with Crippen molar-refractivity contribution in [1.29, 1.82) is 0 Å². The highest BCUT2D eigenvalue weighted by atomic mass is 16.2. The molecule has 2 N–H and O–H groups in total. The van der Waals surface area contributed by atoms with Gasteiger partial charge in [-0.05, 0) is 24.3 Å². The van der Waals surface area contributed by atoms with Gasteiger partial charge in [0.15, 0.2) is 0 Å². The fourth-order valence-electron chi connectivity index (χ4n) is 3.26. The molecular formula is C21H22N2O2. The van der Waals surface area contributed by atoms with Crippen LogP contribution in [-0.4, -0.2) is 18.4 Å². The number of benzene rings is 2. The van der Waals surface area contributed by atoms with E-state index in [1.54, 1.807) is 6.08 Å². The van der Waals surface area contributed by atoms with Gasteiger partial charge >= 0.3 is 0 Å². The number of rotatable bonds is 5. The Balaban J connectivity index is 1.79. The molecule has 0 aliphatic heterocycles. The Labute approximate surface area is 147 Å². The van der Waals surface area contributed by atoms with Crippen LogP contribution in [0.15, 0.2) is 67.3 Å². The highest BCUT2D eigenvalue weighted by molar-refractivity contribution is 6.04. The SMILES string of the molecule is C=CCNC(=O)C1CC=CCC1C(=O)Nc1cccc2ccccc12. The fourth-order valence-corrected chi connectivity index (χ4v) is 3.26. The normalized spacial score (nSPS) is 19.4. The second-order valence-corrected chi connectivity index (χ2v) is 6.21. The van der Waals surface area contributed by atoms with Crippen LogP contribution in [0.2, 0.25) is 0 Å². The van der Waals surface area contributed by atoms with Crippen LogP contribution in [0.25, 0.3) is 10.8 Å². The van der Waals surface area contributed by atoms with Crippen LogP contribution in [0.3, 0.4) is 0 Å². The molecule has 2 aromatic carbocycles. The number of fused-ring (bicyclic) bond motifs is 1. The molecular weight excluding hydrogens is 312 g/mol. The first kappa shape index (κ1) is 17.0. The smallest absolute Gasteiger partial charge is 0.228 e. The summed E-state index contributed by atoms with van der Waals surface area (Å²) >= 11 is 0. The van der Waals surface area contributed by atoms with E-state index in [-0.39, 0.29) is 23.7 Å². The maximum Gasteiger partial charge on any atom is 0.228 e. The number of anilines is 1. The second kappa shape index (κ2) is 7.79. The predicted molar refractivity (Wildman–Crippen MR) is 101 cm³/mol. The lowest BCUT2D eigenvalue weighted by Crippen LogP contribution is -2.40. The molecule has 4 nitrogen and oxygen atoms in total. The van der Waals surface area contributed by atoms with E-state index in [9.17, 15) is 9.59 Å². The summed E-state index contributed by atoms with van der Waals surface area (Å²) in [6.07, 6.45) is 6.74. The molecule has 2 unspecified atom stereocenters. The predicted octanol–water partition coefficient (Wildman–Crippen LogP) is 3.66. The third kappa shape index (κ3) is 3.79. The van der Waals surface area contributed by atoms with Crippen LogP contribution in [0.1, 0.15) is 12.8 Å². The largest absolute Gasteiger partial charge is 0.352 e. The summed E-state index contributed by atoms with van der Waals surface area (Å²) in [5.41, 5.74) is 0.780. The average Bonchev–Trinajstić information content (AvgIpc) is 2.66. The van der Waals surface area contributed by atoms with Crippen LogP contribution in [0.4, 0.5) is 5.69 Å². The Hall–Kier alpha value is -2.88. The number of nitrogens with one attached hydrogen (secondary N) is 2. The second-order valence-electron chi connectivity index (χ2n) is 6.21. The Kier molecular flexibility index (Phi) is 5.29. The van der Waals surface area contributed by atoms with E-state index < -0.39 is 0 Å². The highest BCUT2D eigenvalue weighted by Crippen LogP contribution is 2.29. The molecule has 2 atom stereocenters. The topological polar surface area (TPSA) is 58.2 Å². The quantitative estimate of drug-likeness (QED) is 0.820. The molecule has 0 radical (unpaired) electrons. The average molecular weight is 334 g/mol. The van der Waals surface area contributed by atoms with Crippen molar-refractivity contribution in [1.82, 2.24) is 5.32 Å². The van der Waals surface area contributed by atoms with Gasteiger partial charge in [-0.2, -0.15) is 0 Å². The molecule has 0 aromatic heterocycles. The Morgan fingerprint density at radius 3 is 2.44 bits per heavy atom. The molecule has 2 amide bonds. The summed E-state index contributed by atoms with van der Waals surface area (Å²) in [7, 11) is 0. The number of hydrogen-bond donors (Lipinski definition) is 2. The first-order chi connectivity index (χ1) is 12.2. The van der Waals surface area contributed by atoms with Crippen LogP contribution in [-0.2, 0) is 9.59 Å². The number of carbonyl (C=O) groups excluding carboxylic acids is 2. The lowest BCUT2D eigenvalue weighted by Gasteiger charge is -2.26. The molecule has 0 heterocycles. The van der Waals surface area contributed by atoms with Crippen molar-refractivity contribution in [3.8, 4) is 0 Å². The van der Waals surface area contributed by atoms with Crippen molar-refractivity contribution in [2.24, 2.45) is 11.8 Å². The summed E-state index contributed by atoms with van der Waals surface area (Å²) in [4.78, 5) is 25.2. The molecule has 0 saturated heterocycles. The van der Waals surface area contributed by atoms with E-state index in [0.29, 0.717) is 19.4 Å².